The van der Waals surface area contributed by atoms with E-state index < -0.39 is 20.8 Å². The molecule has 2 radical (unpaired) electrons. The third kappa shape index (κ3) is 9.74. The summed E-state index contributed by atoms with van der Waals surface area (Å²) in [4.78, 5) is 2.91. The van der Waals surface area contributed by atoms with Gasteiger partial charge in [0.25, 0.3) is 0 Å². The van der Waals surface area contributed by atoms with Gasteiger partial charge in [0, 0.05) is 42.4 Å². The van der Waals surface area contributed by atoms with Gasteiger partial charge >= 0.3 is 37.9 Å². The molecule has 0 aliphatic rings. The van der Waals surface area contributed by atoms with Gasteiger partial charge in [-0.05, 0) is 12.1 Å². The van der Waals surface area contributed by atoms with E-state index in [1.54, 1.807) is 0 Å². The van der Waals surface area contributed by atoms with Crippen molar-refractivity contribution < 1.29 is 20.8 Å². The molecule has 6 aromatic carbocycles. The van der Waals surface area contributed by atoms with Gasteiger partial charge in [-0.1, -0.05) is 86.6 Å². The molecule has 0 fully saturated rings. The van der Waals surface area contributed by atoms with E-state index in [9.17, 15) is 0 Å². The van der Waals surface area contributed by atoms with Gasteiger partial charge in [-0.25, -0.2) is 0 Å². The molecular formula is C38H42Cl2S2SiZr+2. The van der Waals surface area contributed by atoms with Crippen LogP contribution in [0.1, 0.15) is 11.1 Å². The zero-order valence-corrected chi connectivity index (χ0v) is 33.6. The van der Waals surface area contributed by atoms with E-state index in [-0.39, 0.29) is 21.8 Å². The number of fused-ring (bicyclic) bond motifs is 2. The van der Waals surface area contributed by atoms with E-state index in [0.29, 0.717) is 0 Å². The van der Waals surface area contributed by atoms with Crippen LogP contribution in [0.15, 0.2) is 119 Å². The molecule has 0 aromatic heterocycles. The fourth-order valence-corrected chi connectivity index (χ4v) is 7.27. The summed E-state index contributed by atoms with van der Waals surface area (Å²) in [5.74, 6) is 0. The number of hydrogen-bond acceptors (Lipinski definition) is 0. The normalized spacial score (nSPS) is 10.5. The molecule has 6 rings (SSSR count). The molecule has 44 heavy (non-hydrogen) atoms. The standard InChI is InChI=1S/2C18H18S.C2H6Si.2ClH.Zr/c2*1-13-11-14-7-6-9-15(17(14)12-13)16-8-4-5-10-18(16)19(2)3;1-3-2;;;/h2*4-12H,1-3H3;1-2H3;2*1H;/q;;;;;+4/p-2. The summed E-state index contributed by atoms with van der Waals surface area (Å²) < 4.78 is 0. The molecule has 0 aliphatic carbocycles. The van der Waals surface area contributed by atoms with Gasteiger partial charge in [0.2, 0.25) is 0 Å². The van der Waals surface area contributed by atoms with Gasteiger partial charge in [-0.15, -0.1) is 69.1 Å². The summed E-state index contributed by atoms with van der Waals surface area (Å²) in [6.45, 7) is 8.64. The van der Waals surface area contributed by atoms with Crippen molar-refractivity contribution in [3.8, 4) is 22.3 Å². The first kappa shape index (κ1) is 36.9. The van der Waals surface area contributed by atoms with Gasteiger partial charge in [0.1, 0.15) is 25.0 Å². The third-order valence-electron chi connectivity index (χ3n) is 7.02. The number of halogens is 2. The Kier molecular flexibility index (Phi) is 15.6. The Morgan fingerprint density at radius 2 is 0.864 bits per heavy atom. The first-order valence-corrected chi connectivity index (χ1v) is 26.8. The maximum absolute atomic E-state index is 4.93. The van der Waals surface area contributed by atoms with Gasteiger partial charge in [0.15, 0.2) is 9.79 Å². The quantitative estimate of drug-likeness (QED) is 0.0956. The Morgan fingerprint density at radius 1 is 0.545 bits per heavy atom. The Bertz CT molecular complexity index is 1620. The first-order valence-electron chi connectivity index (χ1n) is 14.4. The number of hydrogen-bond donors (Lipinski definition) is 0. The topological polar surface area (TPSA) is 0 Å². The number of aryl methyl sites for hydroxylation is 2. The molecule has 0 heterocycles. The molecular weight excluding hydrogens is 711 g/mol. The Hall–Kier alpha value is -1.52. The molecule has 6 heteroatoms. The van der Waals surface area contributed by atoms with Crippen molar-refractivity contribution in [1.82, 2.24) is 0 Å². The molecule has 0 atom stereocenters. The van der Waals surface area contributed by atoms with Gasteiger partial charge in [-0.2, -0.15) is 12.1 Å². The zero-order valence-electron chi connectivity index (χ0n) is 27.0. The average molecular weight is 753 g/mol. The number of benzene rings is 4. The predicted octanol–water partition coefficient (Wildman–Crippen LogP) is 11.7. The van der Waals surface area contributed by atoms with Crippen molar-refractivity contribution in [2.24, 2.45) is 0 Å². The molecule has 0 unspecified atom stereocenters. The molecule has 6 aromatic rings. The molecule has 0 saturated carbocycles. The summed E-state index contributed by atoms with van der Waals surface area (Å²) in [5.41, 5.74) is 8.17. The van der Waals surface area contributed by atoms with Crippen LogP contribution in [0, 0.1) is 13.8 Å². The van der Waals surface area contributed by atoms with Crippen LogP contribution < -0.4 is 0 Å². The van der Waals surface area contributed by atoms with E-state index >= 15 is 0 Å². The first-order chi connectivity index (χ1) is 21.2. The SMILES string of the molecule is C[Si]C.Cc1cc2c(-c3ccccc3[S+](C)C)cccc2[cH-]1.Cc1cc2c(-c3ccccc3[S+](C)C)cccc2[cH-]1.[Cl][Zr+2][Cl]. The van der Waals surface area contributed by atoms with Crippen molar-refractivity contribution in [3.05, 3.63) is 120 Å². The molecule has 0 amide bonds. The van der Waals surface area contributed by atoms with E-state index in [4.69, 9.17) is 17.0 Å². The van der Waals surface area contributed by atoms with Gasteiger partial charge in [0.05, 0.1) is 0 Å². The van der Waals surface area contributed by atoms with Crippen LogP contribution >= 0.6 is 17.0 Å². The van der Waals surface area contributed by atoms with Crippen molar-refractivity contribution in [1.29, 1.82) is 0 Å². The molecule has 0 aliphatic heterocycles. The van der Waals surface area contributed by atoms with Crippen LogP contribution in [0.3, 0.4) is 0 Å². The van der Waals surface area contributed by atoms with Crippen molar-refractivity contribution in [3.63, 3.8) is 0 Å². The summed E-state index contributed by atoms with van der Waals surface area (Å²) in [6, 6.07) is 39.9. The summed E-state index contributed by atoms with van der Waals surface area (Å²) in [7, 11) is 11.5. The third-order valence-corrected chi connectivity index (χ3v) is 9.50. The minimum atomic E-state index is -0.826. The maximum atomic E-state index is 4.93. The second-order valence-electron chi connectivity index (χ2n) is 10.9. The van der Waals surface area contributed by atoms with Crippen LogP contribution in [-0.2, 0) is 42.6 Å². The molecule has 0 bridgehead atoms. The van der Waals surface area contributed by atoms with Gasteiger partial charge in [-0.3, -0.25) is 0 Å². The molecule has 0 saturated heterocycles. The van der Waals surface area contributed by atoms with E-state index in [0.717, 1.165) is 9.52 Å². The summed E-state index contributed by atoms with van der Waals surface area (Å²) in [5, 5.41) is 5.43. The fraction of sp³-hybridized carbons (Fsp3) is 0.211. The monoisotopic (exact) mass is 750 g/mol. The molecule has 0 N–H and O–H groups in total. The van der Waals surface area contributed by atoms with Crippen molar-refractivity contribution in [2.45, 2.75) is 36.7 Å². The molecule has 0 nitrogen and oxygen atoms in total. The number of rotatable bonds is 4. The van der Waals surface area contributed by atoms with E-state index in [1.807, 2.05) is 0 Å². The molecule has 0 spiro atoms. The van der Waals surface area contributed by atoms with Crippen LogP contribution in [0.5, 0.6) is 0 Å². The average Bonchev–Trinajstić information content (AvgIpc) is 3.59. The zero-order chi connectivity index (χ0) is 32.2. The van der Waals surface area contributed by atoms with Crippen molar-refractivity contribution >= 4 is 69.9 Å². The van der Waals surface area contributed by atoms with Gasteiger partial charge < -0.3 is 0 Å². The second-order valence-corrected chi connectivity index (χ2v) is 19.8. The fourth-order valence-electron chi connectivity index (χ4n) is 5.33. The Labute approximate surface area is 292 Å². The summed E-state index contributed by atoms with van der Waals surface area (Å²) >= 11 is -0.826. The van der Waals surface area contributed by atoms with Crippen LogP contribution in [0.2, 0.25) is 13.1 Å². The Balaban J connectivity index is 0.000000204. The van der Waals surface area contributed by atoms with Crippen molar-refractivity contribution in [2.75, 3.05) is 25.0 Å². The summed E-state index contributed by atoms with van der Waals surface area (Å²) in [6.07, 6.45) is 9.15. The predicted molar refractivity (Wildman–Crippen MR) is 204 cm³/mol. The van der Waals surface area contributed by atoms with Crippen LogP contribution in [0.25, 0.3) is 43.8 Å². The van der Waals surface area contributed by atoms with Crippen LogP contribution in [0.4, 0.5) is 0 Å². The molecule has 226 valence electrons. The second kappa shape index (κ2) is 18.6. The van der Waals surface area contributed by atoms with E-state index in [1.165, 1.54) is 64.7 Å². The minimum absolute atomic E-state index is 0.273. The van der Waals surface area contributed by atoms with Crippen LogP contribution in [-0.4, -0.2) is 34.5 Å². The Morgan fingerprint density at radius 3 is 1.20 bits per heavy atom. The van der Waals surface area contributed by atoms with E-state index in [2.05, 4.69) is 161 Å².